The highest BCUT2D eigenvalue weighted by Gasteiger charge is 2.05. The summed E-state index contributed by atoms with van der Waals surface area (Å²) in [4.78, 5) is 13.5. The molecule has 88 valence electrons. The van der Waals surface area contributed by atoms with Crippen LogP contribution in [0.3, 0.4) is 0 Å². The van der Waals surface area contributed by atoms with Gasteiger partial charge in [0.05, 0.1) is 5.52 Å². The highest BCUT2D eigenvalue weighted by Crippen LogP contribution is 2.31. The molecule has 0 aliphatic carbocycles. The number of hydrogen-bond acceptors (Lipinski definition) is 4. The fourth-order valence-corrected chi connectivity index (χ4v) is 2.76. The van der Waals surface area contributed by atoms with Crippen LogP contribution in [0.15, 0.2) is 58.8 Å². The molecule has 0 unspecified atom stereocenters. The molecule has 0 N–H and O–H groups in total. The van der Waals surface area contributed by atoms with E-state index in [0.29, 0.717) is 5.15 Å². The van der Waals surface area contributed by atoms with Crippen molar-refractivity contribution >= 4 is 34.3 Å². The summed E-state index contributed by atoms with van der Waals surface area (Å²) in [6.07, 6.45) is 3.27. The van der Waals surface area contributed by atoms with E-state index < -0.39 is 0 Å². The van der Waals surface area contributed by atoms with Crippen LogP contribution in [0.1, 0.15) is 0 Å². The van der Waals surface area contributed by atoms with Gasteiger partial charge >= 0.3 is 0 Å². The lowest BCUT2D eigenvalue weighted by molar-refractivity contribution is 1.10. The second-order valence-electron chi connectivity index (χ2n) is 3.61. The van der Waals surface area contributed by atoms with Crippen LogP contribution in [0.2, 0.25) is 5.15 Å². The molecule has 3 rings (SSSR count). The van der Waals surface area contributed by atoms with E-state index in [1.54, 1.807) is 24.3 Å². The van der Waals surface area contributed by atoms with E-state index in [0.717, 1.165) is 20.8 Å². The molecule has 5 heteroatoms. The van der Waals surface area contributed by atoms with Gasteiger partial charge in [-0.1, -0.05) is 41.6 Å². The zero-order valence-electron chi connectivity index (χ0n) is 9.25. The number of halogens is 1. The largest absolute Gasteiger partial charge is 0.244 e. The standard InChI is InChI=1S/C13H8ClN3S/c14-12-7-9(5-6-15-12)18-13-10-3-1-2-4-11(10)16-8-17-13/h1-8H. The molecular formula is C13H8ClN3S. The molecule has 0 amide bonds. The van der Waals surface area contributed by atoms with Crippen LogP contribution in [-0.4, -0.2) is 15.0 Å². The van der Waals surface area contributed by atoms with Gasteiger partial charge in [-0.25, -0.2) is 15.0 Å². The second-order valence-corrected chi connectivity index (χ2v) is 5.06. The van der Waals surface area contributed by atoms with Gasteiger partial charge in [-0.05, 0) is 18.2 Å². The number of hydrogen-bond donors (Lipinski definition) is 0. The summed E-state index contributed by atoms with van der Waals surface area (Å²) in [6, 6.07) is 11.7. The minimum Gasteiger partial charge on any atom is -0.244 e. The zero-order chi connectivity index (χ0) is 12.4. The van der Waals surface area contributed by atoms with Gasteiger partial charge in [0.15, 0.2) is 0 Å². The Labute approximate surface area is 113 Å². The topological polar surface area (TPSA) is 38.7 Å². The lowest BCUT2D eigenvalue weighted by Gasteiger charge is -2.04. The summed E-state index contributed by atoms with van der Waals surface area (Å²) in [7, 11) is 0. The van der Waals surface area contributed by atoms with Crippen molar-refractivity contribution in [3.05, 3.63) is 54.1 Å². The molecule has 0 fully saturated rings. The summed E-state index contributed by atoms with van der Waals surface area (Å²) in [5.41, 5.74) is 0.940. The summed E-state index contributed by atoms with van der Waals surface area (Å²) in [5, 5.41) is 2.44. The maximum absolute atomic E-state index is 5.87. The predicted octanol–water partition coefficient (Wildman–Crippen LogP) is 3.83. The molecule has 1 aromatic carbocycles. The zero-order valence-corrected chi connectivity index (χ0v) is 10.8. The highest BCUT2D eigenvalue weighted by atomic mass is 35.5. The summed E-state index contributed by atoms with van der Waals surface area (Å²) in [5.74, 6) is 0. The quantitative estimate of drug-likeness (QED) is 0.525. The molecule has 3 aromatic rings. The first-order valence-corrected chi connectivity index (χ1v) is 6.51. The van der Waals surface area contributed by atoms with Crippen molar-refractivity contribution in [3.63, 3.8) is 0 Å². The van der Waals surface area contributed by atoms with E-state index >= 15 is 0 Å². The van der Waals surface area contributed by atoms with Crippen LogP contribution in [0, 0.1) is 0 Å². The minimum absolute atomic E-state index is 0.485. The molecule has 0 saturated carbocycles. The Hall–Kier alpha value is -1.65. The molecule has 3 nitrogen and oxygen atoms in total. The Morgan fingerprint density at radius 2 is 1.89 bits per heavy atom. The Bertz CT molecular complexity index is 697. The van der Waals surface area contributed by atoms with Gasteiger partial charge in [0.25, 0.3) is 0 Å². The van der Waals surface area contributed by atoms with Gasteiger partial charge < -0.3 is 0 Å². The summed E-state index contributed by atoms with van der Waals surface area (Å²) in [6.45, 7) is 0. The maximum Gasteiger partial charge on any atom is 0.130 e. The van der Waals surface area contributed by atoms with Gasteiger partial charge in [0.2, 0.25) is 0 Å². The predicted molar refractivity (Wildman–Crippen MR) is 72.9 cm³/mol. The average molecular weight is 274 g/mol. The Morgan fingerprint density at radius 3 is 2.78 bits per heavy atom. The molecule has 0 saturated heterocycles. The van der Waals surface area contributed by atoms with E-state index in [4.69, 9.17) is 11.6 Å². The monoisotopic (exact) mass is 273 g/mol. The third kappa shape index (κ3) is 2.30. The van der Waals surface area contributed by atoms with E-state index in [1.165, 1.54) is 0 Å². The fraction of sp³-hybridized carbons (Fsp3) is 0. The molecule has 0 bridgehead atoms. The van der Waals surface area contributed by atoms with Crippen molar-refractivity contribution in [2.75, 3.05) is 0 Å². The van der Waals surface area contributed by atoms with Crippen LogP contribution in [0.25, 0.3) is 10.9 Å². The van der Waals surface area contributed by atoms with Crippen molar-refractivity contribution in [2.45, 2.75) is 9.92 Å². The van der Waals surface area contributed by atoms with Crippen LogP contribution in [0.5, 0.6) is 0 Å². The van der Waals surface area contributed by atoms with E-state index in [2.05, 4.69) is 15.0 Å². The summed E-state index contributed by atoms with van der Waals surface area (Å²) >= 11 is 7.43. The first-order valence-electron chi connectivity index (χ1n) is 5.32. The molecule has 0 spiro atoms. The normalized spacial score (nSPS) is 10.7. The maximum atomic E-state index is 5.87. The van der Waals surface area contributed by atoms with Gasteiger partial charge in [-0.15, -0.1) is 0 Å². The average Bonchev–Trinajstić information content (AvgIpc) is 2.39. The second kappa shape index (κ2) is 4.92. The molecule has 0 radical (unpaired) electrons. The number of para-hydroxylation sites is 1. The smallest absolute Gasteiger partial charge is 0.130 e. The van der Waals surface area contributed by atoms with Crippen LogP contribution in [0.4, 0.5) is 0 Å². The van der Waals surface area contributed by atoms with E-state index in [9.17, 15) is 0 Å². The van der Waals surface area contributed by atoms with E-state index in [1.807, 2.05) is 36.4 Å². The van der Waals surface area contributed by atoms with Crippen molar-refractivity contribution in [3.8, 4) is 0 Å². The number of rotatable bonds is 2. The minimum atomic E-state index is 0.485. The molecule has 2 aromatic heterocycles. The first-order chi connectivity index (χ1) is 8.83. The lowest BCUT2D eigenvalue weighted by Crippen LogP contribution is -1.86. The van der Waals surface area contributed by atoms with Crippen LogP contribution < -0.4 is 0 Å². The Balaban J connectivity index is 2.05. The number of aromatic nitrogens is 3. The first kappa shape index (κ1) is 11.4. The number of nitrogens with zero attached hydrogens (tertiary/aromatic N) is 3. The third-order valence-electron chi connectivity index (χ3n) is 2.42. The molecule has 0 aliphatic heterocycles. The van der Waals surface area contributed by atoms with Crippen LogP contribution >= 0.6 is 23.4 Å². The van der Waals surface area contributed by atoms with Crippen LogP contribution in [-0.2, 0) is 0 Å². The number of pyridine rings is 1. The van der Waals surface area contributed by atoms with Gasteiger partial charge in [0.1, 0.15) is 16.5 Å². The van der Waals surface area contributed by atoms with Crippen molar-refractivity contribution in [1.82, 2.24) is 15.0 Å². The molecule has 18 heavy (non-hydrogen) atoms. The van der Waals surface area contributed by atoms with Gasteiger partial charge in [-0.2, -0.15) is 0 Å². The fourth-order valence-electron chi connectivity index (χ4n) is 1.62. The summed E-state index contributed by atoms with van der Waals surface area (Å²) < 4.78 is 0. The lowest BCUT2D eigenvalue weighted by atomic mass is 10.2. The SMILES string of the molecule is Clc1cc(Sc2ncnc3ccccc23)ccn1. The Kier molecular flexibility index (Phi) is 3.13. The molecule has 0 atom stereocenters. The molecule has 2 heterocycles. The van der Waals surface area contributed by atoms with Crippen molar-refractivity contribution < 1.29 is 0 Å². The van der Waals surface area contributed by atoms with Crippen molar-refractivity contribution in [2.24, 2.45) is 0 Å². The third-order valence-corrected chi connectivity index (χ3v) is 3.63. The number of fused-ring (bicyclic) bond motifs is 1. The van der Waals surface area contributed by atoms with E-state index in [-0.39, 0.29) is 0 Å². The highest BCUT2D eigenvalue weighted by molar-refractivity contribution is 7.99. The van der Waals surface area contributed by atoms with Gasteiger partial charge in [-0.3, -0.25) is 0 Å². The van der Waals surface area contributed by atoms with Gasteiger partial charge in [0, 0.05) is 16.5 Å². The van der Waals surface area contributed by atoms with Crippen molar-refractivity contribution in [1.29, 1.82) is 0 Å². The molecule has 0 aliphatic rings. The Morgan fingerprint density at radius 1 is 1.00 bits per heavy atom. The number of benzene rings is 1. The molecular weight excluding hydrogens is 266 g/mol.